The number of benzene rings is 1. The van der Waals surface area contributed by atoms with Crippen molar-refractivity contribution in [2.24, 2.45) is 0 Å². The highest BCUT2D eigenvalue weighted by Gasteiger charge is 2.24. The SMILES string of the molecule is CCOc1ncccc1NC(=O)/C=C/c1ccc(S(=O)(=O)N2CCCCCC2)cc1. The van der Waals surface area contributed by atoms with Gasteiger partial charge in [0, 0.05) is 25.4 Å². The molecule has 0 atom stereocenters. The number of aromatic nitrogens is 1. The molecule has 1 aromatic carbocycles. The second-order valence-electron chi connectivity index (χ2n) is 7.00. The Labute approximate surface area is 177 Å². The highest BCUT2D eigenvalue weighted by atomic mass is 32.2. The van der Waals surface area contributed by atoms with Gasteiger partial charge >= 0.3 is 0 Å². The first-order valence-electron chi connectivity index (χ1n) is 10.2. The van der Waals surface area contributed by atoms with Gasteiger partial charge in [-0.1, -0.05) is 25.0 Å². The van der Waals surface area contributed by atoms with Crippen LogP contribution in [0, 0.1) is 0 Å². The van der Waals surface area contributed by atoms with E-state index >= 15 is 0 Å². The molecule has 2 heterocycles. The van der Waals surface area contributed by atoms with Gasteiger partial charge < -0.3 is 10.1 Å². The predicted molar refractivity (Wildman–Crippen MR) is 117 cm³/mol. The van der Waals surface area contributed by atoms with Crippen LogP contribution in [0.15, 0.2) is 53.6 Å². The summed E-state index contributed by atoms with van der Waals surface area (Å²) in [7, 11) is -3.48. The van der Waals surface area contributed by atoms with Crippen molar-refractivity contribution in [1.82, 2.24) is 9.29 Å². The lowest BCUT2D eigenvalue weighted by Gasteiger charge is -2.19. The minimum Gasteiger partial charge on any atom is -0.476 e. The fourth-order valence-corrected chi connectivity index (χ4v) is 4.78. The third-order valence-electron chi connectivity index (χ3n) is 4.82. The number of hydrogen-bond donors (Lipinski definition) is 1. The summed E-state index contributed by atoms with van der Waals surface area (Å²) in [4.78, 5) is 16.6. The van der Waals surface area contributed by atoms with Gasteiger partial charge in [-0.25, -0.2) is 13.4 Å². The van der Waals surface area contributed by atoms with Crippen LogP contribution in [0.25, 0.3) is 6.08 Å². The van der Waals surface area contributed by atoms with Gasteiger partial charge in [-0.05, 0) is 55.7 Å². The molecule has 1 N–H and O–H groups in total. The van der Waals surface area contributed by atoms with Gasteiger partial charge in [-0.2, -0.15) is 4.31 Å². The quantitative estimate of drug-likeness (QED) is 0.678. The molecule has 30 heavy (non-hydrogen) atoms. The molecule has 3 rings (SSSR count). The van der Waals surface area contributed by atoms with Crippen LogP contribution >= 0.6 is 0 Å². The predicted octanol–water partition coefficient (Wildman–Crippen LogP) is 3.70. The van der Waals surface area contributed by atoms with Crippen molar-refractivity contribution in [3.05, 3.63) is 54.2 Å². The molecule has 160 valence electrons. The first-order chi connectivity index (χ1) is 14.5. The topological polar surface area (TPSA) is 88.6 Å². The Bertz CT molecular complexity index is 980. The molecule has 0 spiro atoms. The molecule has 2 aromatic rings. The lowest BCUT2D eigenvalue weighted by Crippen LogP contribution is -2.31. The first kappa shape index (κ1) is 22.0. The highest BCUT2D eigenvalue weighted by molar-refractivity contribution is 7.89. The maximum atomic E-state index is 12.8. The zero-order valence-electron chi connectivity index (χ0n) is 17.1. The summed E-state index contributed by atoms with van der Waals surface area (Å²) in [5.74, 6) is 0.0371. The molecular weight excluding hydrogens is 402 g/mol. The average molecular weight is 430 g/mol. The molecule has 1 fully saturated rings. The molecule has 1 amide bonds. The zero-order valence-corrected chi connectivity index (χ0v) is 17.9. The number of rotatable bonds is 7. The van der Waals surface area contributed by atoms with Crippen molar-refractivity contribution in [3.63, 3.8) is 0 Å². The van der Waals surface area contributed by atoms with Crippen LogP contribution in [0.1, 0.15) is 38.2 Å². The van der Waals surface area contributed by atoms with Gasteiger partial charge in [0.1, 0.15) is 5.69 Å². The molecule has 8 heteroatoms. The van der Waals surface area contributed by atoms with Gasteiger partial charge in [0.05, 0.1) is 11.5 Å². The number of hydrogen-bond acceptors (Lipinski definition) is 5. The van der Waals surface area contributed by atoms with E-state index in [4.69, 9.17) is 4.74 Å². The first-order valence-corrected chi connectivity index (χ1v) is 11.6. The monoisotopic (exact) mass is 429 g/mol. The number of anilines is 1. The fraction of sp³-hybridized carbons (Fsp3) is 0.364. The van der Waals surface area contributed by atoms with Crippen LogP contribution in [0.5, 0.6) is 5.88 Å². The maximum Gasteiger partial charge on any atom is 0.248 e. The smallest absolute Gasteiger partial charge is 0.248 e. The van der Waals surface area contributed by atoms with Gasteiger partial charge in [-0.3, -0.25) is 4.79 Å². The summed E-state index contributed by atoms with van der Waals surface area (Å²) in [5.41, 5.74) is 1.23. The van der Waals surface area contributed by atoms with E-state index < -0.39 is 10.0 Å². The molecule has 1 aliphatic rings. The molecule has 0 unspecified atom stereocenters. The molecule has 0 bridgehead atoms. The lowest BCUT2D eigenvalue weighted by molar-refractivity contribution is -0.111. The van der Waals surface area contributed by atoms with Crippen molar-refractivity contribution < 1.29 is 17.9 Å². The van der Waals surface area contributed by atoms with Crippen LogP contribution in [-0.2, 0) is 14.8 Å². The number of ether oxygens (including phenoxy) is 1. The largest absolute Gasteiger partial charge is 0.476 e. The number of nitrogens with zero attached hydrogens (tertiary/aromatic N) is 2. The van der Waals surface area contributed by atoms with E-state index in [1.165, 1.54) is 6.08 Å². The highest BCUT2D eigenvalue weighted by Crippen LogP contribution is 2.22. The standard InChI is InChI=1S/C22H27N3O4S/c1-2-29-22-20(8-7-15-23-22)24-21(26)14-11-18-9-12-19(13-10-18)30(27,28)25-16-5-3-4-6-17-25/h7-15H,2-6,16-17H2,1H3,(H,24,26)/b14-11+. The van der Waals surface area contributed by atoms with Crippen LogP contribution in [0.2, 0.25) is 0 Å². The van der Waals surface area contributed by atoms with Gasteiger partial charge in [-0.15, -0.1) is 0 Å². The summed E-state index contributed by atoms with van der Waals surface area (Å²) in [6.07, 6.45) is 8.56. The Morgan fingerprint density at radius 1 is 1.13 bits per heavy atom. The molecule has 0 radical (unpaired) electrons. The van der Waals surface area contributed by atoms with Crippen LogP contribution in [0.4, 0.5) is 5.69 Å². The van der Waals surface area contributed by atoms with Crippen LogP contribution < -0.4 is 10.1 Å². The van der Waals surface area contributed by atoms with Crippen molar-refractivity contribution in [2.75, 3.05) is 25.0 Å². The van der Waals surface area contributed by atoms with E-state index in [1.54, 1.807) is 53.0 Å². The zero-order chi connectivity index (χ0) is 21.4. The van der Waals surface area contributed by atoms with E-state index in [1.807, 2.05) is 6.92 Å². The number of sulfonamides is 1. The summed E-state index contributed by atoms with van der Waals surface area (Å²) in [6.45, 7) is 3.43. The summed E-state index contributed by atoms with van der Waals surface area (Å²) in [6, 6.07) is 10.0. The Morgan fingerprint density at radius 2 is 1.83 bits per heavy atom. The third kappa shape index (κ3) is 5.67. The van der Waals surface area contributed by atoms with Crippen molar-refractivity contribution >= 4 is 27.7 Å². The molecule has 7 nitrogen and oxygen atoms in total. The second kappa shape index (κ2) is 10.4. The molecule has 0 saturated carbocycles. The number of nitrogens with one attached hydrogen (secondary N) is 1. The molecule has 1 aromatic heterocycles. The number of carbonyl (C=O) groups excluding carboxylic acids is 1. The summed E-state index contributed by atoms with van der Waals surface area (Å²) in [5, 5.41) is 2.73. The van der Waals surface area contributed by atoms with E-state index in [9.17, 15) is 13.2 Å². The lowest BCUT2D eigenvalue weighted by atomic mass is 10.2. The van der Waals surface area contributed by atoms with Crippen molar-refractivity contribution in [1.29, 1.82) is 0 Å². The number of amides is 1. The number of pyridine rings is 1. The van der Waals surface area contributed by atoms with Crippen LogP contribution in [0.3, 0.4) is 0 Å². The van der Waals surface area contributed by atoms with E-state index in [0.29, 0.717) is 31.3 Å². The minimum absolute atomic E-state index is 0.280. The summed E-state index contributed by atoms with van der Waals surface area (Å²) >= 11 is 0. The van der Waals surface area contributed by atoms with E-state index in [-0.39, 0.29) is 10.8 Å². The Morgan fingerprint density at radius 3 is 2.50 bits per heavy atom. The minimum atomic E-state index is -3.48. The van der Waals surface area contributed by atoms with Gasteiger partial charge in [0.2, 0.25) is 21.8 Å². The Hall–Kier alpha value is -2.71. The van der Waals surface area contributed by atoms with E-state index in [0.717, 1.165) is 31.2 Å². The normalized spacial score (nSPS) is 15.6. The molecule has 1 aliphatic heterocycles. The van der Waals surface area contributed by atoms with Crippen LogP contribution in [-0.4, -0.2) is 43.3 Å². The summed E-state index contributed by atoms with van der Waals surface area (Å²) < 4.78 is 32.6. The Balaban J connectivity index is 1.65. The number of carbonyl (C=O) groups is 1. The Kier molecular flexibility index (Phi) is 7.59. The maximum absolute atomic E-state index is 12.8. The van der Waals surface area contributed by atoms with E-state index in [2.05, 4.69) is 10.3 Å². The fourth-order valence-electron chi connectivity index (χ4n) is 3.27. The van der Waals surface area contributed by atoms with Crippen molar-refractivity contribution in [2.45, 2.75) is 37.5 Å². The average Bonchev–Trinajstić information content (AvgIpc) is 3.04. The molecule has 1 saturated heterocycles. The third-order valence-corrected chi connectivity index (χ3v) is 6.73. The van der Waals surface area contributed by atoms with Gasteiger partial charge in [0.25, 0.3) is 0 Å². The molecule has 0 aliphatic carbocycles. The second-order valence-corrected chi connectivity index (χ2v) is 8.94. The molecular formula is C22H27N3O4S. The van der Waals surface area contributed by atoms with Crippen molar-refractivity contribution in [3.8, 4) is 5.88 Å². The van der Waals surface area contributed by atoms with Gasteiger partial charge in [0.15, 0.2) is 0 Å².